The maximum atomic E-state index is 10.1. The van der Waals surface area contributed by atoms with Gasteiger partial charge in [0.1, 0.15) is 6.10 Å². The number of aryl methyl sites for hydroxylation is 1. The van der Waals surface area contributed by atoms with E-state index in [1.54, 1.807) is 6.26 Å². The summed E-state index contributed by atoms with van der Waals surface area (Å²) in [5.74, 6) is 0. The Morgan fingerprint density at radius 2 is 2.40 bits per heavy atom. The third-order valence-electron chi connectivity index (χ3n) is 2.49. The quantitative estimate of drug-likeness (QED) is 0.864. The molecule has 0 aromatic carbocycles. The van der Waals surface area contributed by atoms with Crippen LogP contribution in [0.25, 0.3) is 0 Å². The van der Waals surface area contributed by atoms with E-state index in [9.17, 15) is 5.11 Å². The van der Waals surface area contributed by atoms with E-state index < -0.39 is 6.10 Å². The lowest BCUT2D eigenvalue weighted by Crippen LogP contribution is -2.07. The summed E-state index contributed by atoms with van der Waals surface area (Å²) in [6, 6.07) is 0. The zero-order chi connectivity index (χ0) is 10.8. The highest BCUT2D eigenvalue weighted by atomic mass is 35.5. The van der Waals surface area contributed by atoms with Crippen LogP contribution < -0.4 is 0 Å². The highest BCUT2D eigenvalue weighted by Gasteiger charge is 2.21. The van der Waals surface area contributed by atoms with Gasteiger partial charge in [-0.15, -0.1) is 11.3 Å². The molecule has 0 fully saturated rings. The van der Waals surface area contributed by atoms with Gasteiger partial charge in [-0.25, -0.2) is 0 Å². The number of ether oxygens (including phenoxy) is 1. The van der Waals surface area contributed by atoms with Gasteiger partial charge in [-0.05, 0) is 36.3 Å². The minimum atomic E-state index is -0.600. The fourth-order valence-corrected chi connectivity index (χ4v) is 2.91. The summed E-state index contributed by atoms with van der Waals surface area (Å²) < 4.78 is 5.21. The molecule has 0 spiro atoms. The summed E-state index contributed by atoms with van der Waals surface area (Å²) in [6.45, 7) is 2.69. The van der Waals surface area contributed by atoms with Crippen LogP contribution in [-0.4, -0.2) is 11.7 Å². The van der Waals surface area contributed by atoms with Crippen molar-refractivity contribution >= 4 is 22.9 Å². The van der Waals surface area contributed by atoms with Crippen molar-refractivity contribution in [3.05, 3.63) is 32.7 Å². The van der Waals surface area contributed by atoms with E-state index in [1.165, 1.54) is 11.3 Å². The first-order valence-corrected chi connectivity index (χ1v) is 6.18. The van der Waals surface area contributed by atoms with Crippen molar-refractivity contribution in [1.29, 1.82) is 0 Å². The zero-order valence-corrected chi connectivity index (χ0v) is 10.1. The molecule has 1 N–H and O–H groups in total. The van der Waals surface area contributed by atoms with Gasteiger partial charge in [0.25, 0.3) is 0 Å². The van der Waals surface area contributed by atoms with E-state index >= 15 is 0 Å². The predicted octanol–water partition coefficient (Wildman–Crippen LogP) is 3.44. The van der Waals surface area contributed by atoms with Crippen LogP contribution in [-0.2, 0) is 4.74 Å². The van der Waals surface area contributed by atoms with Crippen molar-refractivity contribution in [2.75, 3.05) is 6.61 Å². The second-order valence-electron chi connectivity index (χ2n) is 3.67. The molecule has 4 heteroatoms. The molecule has 1 aromatic heterocycles. The second kappa shape index (κ2) is 4.56. The van der Waals surface area contributed by atoms with Gasteiger partial charge in [0, 0.05) is 0 Å². The summed E-state index contributed by atoms with van der Waals surface area (Å²) in [5.41, 5.74) is 1.94. The Morgan fingerprint density at radius 1 is 1.60 bits per heavy atom. The molecule has 0 aliphatic carbocycles. The van der Waals surface area contributed by atoms with Gasteiger partial charge in [-0.1, -0.05) is 11.6 Å². The number of aliphatic hydroxyl groups excluding tert-OH is 1. The first-order valence-electron chi connectivity index (χ1n) is 4.92. The Morgan fingerprint density at radius 3 is 2.93 bits per heavy atom. The van der Waals surface area contributed by atoms with E-state index in [4.69, 9.17) is 16.3 Å². The van der Waals surface area contributed by atoms with Gasteiger partial charge in [0.2, 0.25) is 0 Å². The lowest BCUT2D eigenvalue weighted by atomic mass is 10.0. The van der Waals surface area contributed by atoms with E-state index in [1.807, 2.05) is 12.3 Å². The molecule has 2 heterocycles. The van der Waals surface area contributed by atoms with Crippen molar-refractivity contribution in [1.82, 2.24) is 0 Å². The van der Waals surface area contributed by atoms with Crippen molar-refractivity contribution in [2.24, 2.45) is 0 Å². The molecule has 0 amide bonds. The molecule has 1 aliphatic rings. The van der Waals surface area contributed by atoms with Crippen molar-refractivity contribution in [3.63, 3.8) is 0 Å². The van der Waals surface area contributed by atoms with E-state index in [0.717, 1.165) is 35.5 Å². The zero-order valence-electron chi connectivity index (χ0n) is 8.50. The molecule has 0 saturated carbocycles. The molecule has 15 heavy (non-hydrogen) atoms. The van der Waals surface area contributed by atoms with Gasteiger partial charge in [0.05, 0.1) is 22.8 Å². The van der Waals surface area contributed by atoms with Crippen LogP contribution in [0.5, 0.6) is 0 Å². The molecule has 1 aromatic rings. The minimum absolute atomic E-state index is 0.600. The van der Waals surface area contributed by atoms with Gasteiger partial charge in [-0.3, -0.25) is 0 Å². The van der Waals surface area contributed by atoms with Crippen LogP contribution >= 0.6 is 22.9 Å². The Labute approximate surface area is 98.1 Å². The normalized spacial score (nSPS) is 18.2. The Hall–Kier alpha value is -0.510. The summed E-state index contributed by atoms with van der Waals surface area (Å²) in [4.78, 5) is 0.825. The van der Waals surface area contributed by atoms with Crippen LogP contribution in [0.4, 0.5) is 0 Å². The molecule has 0 bridgehead atoms. The molecular weight excluding hydrogens is 232 g/mol. The van der Waals surface area contributed by atoms with E-state index in [2.05, 4.69) is 0 Å². The minimum Gasteiger partial charge on any atom is -0.501 e. The van der Waals surface area contributed by atoms with Crippen LogP contribution in [0.1, 0.15) is 29.4 Å². The third-order valence-corrected chi connectivity index (χ3v) is 4.25. The smallest absolute Gasteiger partial charge is 0.114 e. The summed E-state index contributed by atoms with van der Waals surface area (Å²) in [7, 11) is 0. The Balaban J connectivity index is 2.23. The fourth-order valence-electron chi connectivity index (χ4n) is 1.59. The van der Waals surface area contributed by atoms with E-state index in [-0.39, 0.29) is 0 Å². The molecule has 2 nitrogen and oxygen atoms in total. The maximum Gasteiger partial charge on any atom is 0.114 e. The summed E-state index contributed by atoms with van der Waals surface area (Å²) in [6.07, 6.45) is 2.91. The van der Waals surface area contributed by atoms with Gasteiger partial charge in [-0.2, -0.15) is 0 Å². The third kappa shape index (κ3) is 2.19. The van der Waals surface area contributed by atoms with Crippen LogP contribution in [0.2, 0.25) is 5.02 Å². The van der Waals surface area contributed by atoms with Gasteiger partial charge in [0.15, 0.2) is 0 Å². The van der Waals surface area contributed by atoms with Crippen molar-refractivity contribution in [2.45, 2.75) is 25.9 Å². The van der Waals surface area contributed by atoms with Gasteiger partial charge >= 0.3 is 0 Å². The van der Waals surface area contributed by atoms with Gasteiger partial charge < -0.3 is 9.84 Å². The molecule has 1 aliphatic heterocycles. The van der Waals surface area contributed by atoms with E-state index in [0.29, 0.717) is 5.02 Å². The molecular formula is C11H13ClO2S. The number of hydrogen-bond donors (Lipinski definition) is 1. The number of thiophene rings is 1. The second-order valence-corrected chi connectivity index (χ2v) is 4.96. The number of hydrogen-bond acceptors (Lipinski definition) is 3. The maximum absolute atomic E-state index is 10.1. The van der Waals surface area contributed by atoms with Crippen molar-refractivity contribution < 1.29 is 9.84 Å². The first kappa shape index (κ1) is 11.0. The summed E-state index contributed by atoms with van der Waals surface area (Å²) in [5, 5.41) is 12.8. The summed E-state index contributed by atoms with van der Waals surface area (Å²) >= 11 is 7.60. The fraction of sp³-hybridized carbons (Fsp3) is 0.455. The molecule has 1 atom stereocenters. The Bertz CT molecular complexity index is 384. The average Bonchev–Trinajstić information content (AvgIpc) is 2.60. The monoisotopic (exact) mass is 244 g/mol. The molecule has 0 radical (unpaired) electrons. The lowest BCUT2D eigenvalue weighted by molar-refractivity contribution is 0.172. The lowest BCUT2D eigenvalue weighted by Gasteiger charge is -2.18. The topological polar surface area (TPSA) is 29.5 Å². The SMILES string of the molecule is Cc1csc(C(O)C2=COCCC2)c1Cl. The molecule has 1 unspecified atom stereocenters. The molecule has 82 valence electrons. The average molecular weight is 245 g/mol. The molecule has 0 saturated heterocycles. The largest absolute Gasteiger partial charge is 0.501 e. The Kier molecular flexibility index (Phi) is 3.34. The highest BCUT2D eigenvalue weighted by molar-refractivity contribution is 7.10. The van der Waals surface area contributed by atoms with Crippen molar-refractivity contribution in [3.8, 4) is 0 Å². The molecule has 2 rings (SSSR count). The highest BCUT2D eigenvalue weighted by Crippen LogP contribution is 2.37. The van der Waals surface area contributed by atoms with Crippen LogP contribution in [0, 0.1) is 6.92 Å². The number of aliphatic hydroxyl groups is 1. The standard InChI is InChI=1S/C11H13ClO2S/c1-7-6-15-11(9(7)12)10(13)8-3-2-4-14-5-8/h5-6,10,13H,2-4H2,1H3. The van der Waals surface area contributed by atoms with Crippen LogP contribution in [0.15, 0.2) is 17.2 Å². The number of rotatable bonds is 2. The predicted molar refractivity (Wildman–Crippen MR) is 62.3 cm³/mol. The first-order chi connectivity index (χ1) is 7.20. The van der Waals surface area contributed by atoms with Crippen LogP contribution in [0.3, 0.4) is 0 Å². The number of halogens is 1.